The van der Waals surface area contributed by atoms with E-state index < -0.39 is 17.1 Å². The summed E-state index contributed by atoms with van der Waals surface area (Å²) in [6.45, 7) is 2.06. The highest BCUT2D eigenvalue weighted by Crippen LogP contribution is 2.32. The van der Waals surface area contributed by atoms with Gasteiger partial charge in [-0.3, -0.25) is 14.8 Å². The maximum atomic E-state index is 12.3. The molecule has 28 heavy (non-hydrogen) atoms. The van der Waals surface area contributed by atoms with Crippen molar-refractivity contribution in [2.75, 3.05) is 6.79 Å². The molecular formula is C20H17N3O5. The molecule has 8 nitrogen and oxygen atoms in total. The molecule has 0 bridgehead atoms. The molecule has 0 spiro atoms. The van der Waals surface area contributed by atoms with Crippen molar-refractivity contribution in [3.63, 3.8) is 0 Å². The number of aromatic nitrogens is 2. The van der Waals surface area contributed by atoms with Crippen LogP contribution in [0.4, 0.5) is 0 Å². The van der Waals surface area contributed by atoms with Crippen molar-refractivity contribution in [2.24, 2.45) is 4.99 Å². The molecule has 2 N–H and O–H groups in total. The quantitative estimate of drug-likeness (QED) is 0.674. The fraction of sp³-hybridized carbons (Fsp3) is 0.150. The van der Waals surface area contributed by atoms with Crippen LogP contribution < -0.4 is 20.7 Å². The smallest absolute Gasteiger partial charge is 0.335 e. The Labute approximate surface area is 159 Å². The molecule has 0 amide bonds. The number of aliphatic imine (C=N–C) groups is 1. The van der Waals surface area contributed by atoms with Crippen LogP contribution in [0.3, 0.4) is 0 Å². The van der Waals surface area contributed by atoms with Gasteiger partial charge in [0.15, 0.2) is 11.5 Å². The van der Waals surface area contributed by atoms with Gasteiger partial charge in [0, 0.05) is 0 Å². The molecule has 1 aliphatic heterocycles. The van der Waals surface area contributed by atoms with E-state index in [0.717, 1.165) is 10.1 Å². The van der Waals surface area contributed by atoms with E-state index in [1.807, 2.05) is 12.1 Å². The number of nitrogens with one attached hydrogen (secondary N) is 1. The van der Waals surface area contributed by atoms with Gasteiger partial charge >= 0.3 is 5.69 Å². The minimum atomic E-state index is -0.721. The number of hydrogen-bond donors (Lipinski definition) is 2. The summed E-state index contributed by atoms with van der Waals surface area (Å²) in [6, 6.07) is 14.0. The van der Waals surface area contributed by atoms with E-state index in [1.165, 1.54) is 0 Å². The van der Waals surface area contributed by atoms with Crippen LogP contribution in [-0.2, 0) is 6.54 Å². The Morgan fingerprint density at radius 3 is 2.68 bits per heavy atom. The third kappa shape index (κ3) is 3.16. The van der Waals surface area contributed by atoms with Crippen molar-refractivity contribution >= 4 is 5.71 Å². The Hall–Kier alpha value is -3.81. The first-order valence-electron chi connectivity index (χ1n) is 8.58. The van der Waals surface area contributed by atoms with Crippen molar-refractivity contribution < 1.29 is 14.6 Å². The predicted molar refractivity (Wildman–Crippen MR) is 103 cm³/mol. The Bertz CT molecular complexity index is 1180. The zero-order valence-corrected chi connectivity index (χ0v) is 15.0. The number of fused-ring (bicyclic) bond motifs is 1. The predicted octanol–water partition coefficient (Wildman–Crippen LogP) is 1.97. The molecule has 8 heteroatoms. The van der Waals surface area contributed by atoms with Gasteiger partial charge in [0.25, 0.3) is 5.56 Å². The highest BCUT2D eigenvalue weighted by Gasteiger charge is 2.18. The second-order valence-electron chi connectivity index (χ2n) is 6.22. The molecule has 0 saturated heterocycles. The lowest BCUT2D eigenvalue weighted by Crippen LogP contribution is -2.32. The topological polar surface area (TPSA) is 106 Å². The third-order valence-corrected chi connectivity index (χ3v) is 4.40. The SMILES string of the molecule is CC(=NCc1ccc2c(c1)OCO2)c1c(O)n(-c2ccccc2)c(=O)[nH]c1=O. The van der Waals surface area contributed by atoms with Gasteiger partial charge in [-0.1, -0.05) is 24.3 Å². The van der Waals surface area contributed by atoms with E-state index in [-0.39, 0.29) is 18.9 Å². The lowest BCUT2D eigenvalue weighted by atomic mass is 10.1. The van der Waals surface area contributed by atoms with E-state index in [2.05, 4.69) is 9.98 Å². The second kappa shape index (κ2) is 7.07. The molecule has 0 aliphatic carbocycles. The highest BCUT2D eigenvalue weighted by molar-refractivity contribution is 6.00. The molecule has 1 aliphatic rings. The van der Waals surface area contributed by atoms with Crippen LogP contribution in [0.15, 0.2) is 63.1 Å². The summed E-state index contributed by atoms with van der Waals surface area (Å²) in [4.78, 5) is 31.1. The molecule has 4 rings (SSSR count). The van der Waals surface area contributed by atoms with Crippen LogP contribution in [0.25, 0.3) is 5.69 Å². The molecule has 0 saturated carbocycles. The maximum Gasteiger partial charge on any atom is 0.335 e. The zero-order chi connectivity index (χ0) is 19.7. The Kier molecular flexibility index (Phi) is 4.44. The van der Waals surface area contributed by atoms with E-state index in [4.69, 9.17) is 9.47 Å². The Morgan fingerprint density at radius 2 is 1.89 bits per heavy atom. The molecule has 0 radical (unpaired) electrons. The molecule has 0 fully saturated rings. The maximum absolute atomic E-state index is 12.3. The first-order valence-corrected chi connectivity index (χ1v) is 8.58. The number of para-hydroxylation sites is 1. The fourth-order valence-electron chi connectivity index (χ4n) is 3.00. The van der Waals surface area contributed by atoms with Gasteiger partial charge in [-0.05, 0) is 36.8 Å². The van der Waals surface area contributed by atoms with Gasteiger partial charge in [-0.2, -0.15) is 0 Å². The lowest BCUT2D eigenvalue weighted by molar-refractivity contribution is 0.174. The first kappa shape index (κ1) is 17.6. The average Bonchev–Trinajstić information content (AvgIpc) is 3.14. The molecule has 2 aromatic carbocycles. The molecular weight excluding hydrogens is 362 g/mol. The van der Waals surface area contributed by atoms with Gasteiger partial charge in [-0.15, -0.1) is 0 Å². The summed E-state index contributed by atoms with van der Waals surface area (Å²) >= 11 is 0. The largest absolute Gasteiger partial charge is 0.493 e. The van der Waals surface area contributed by atoms with Crippen LogP contribution in [-0.4, -0.2) is 27.2 Å². The Balaban J connectivity index is 1.71. The van der Waals surface area contributed by atoms with Crippen molar-refractivity contribution in [1.29, 1.82) is 0 Å². The summed E-state index contributed by atoms with van der Waals surface area (Å²) < 4.78 is 11.7. The zero-order valence-electron chi connectivity index (χ0n) is 15.0. The average molecular weight is 379 g/mol. The van der Waals surface area contributed by atoms with Crippen molar-refractivity contribution in [2.45, 2.75) is 13.5 Å². The summed E-state index contributed by atoms with van der Waals surface area (Å²) in [5.74, 6) is 0.865. The van der Waals surface area contributed by atoms with Crippen LogP contribution in [0.1, 0.15) is 18.1 Å². The number of hydrogen-bond acceptors (Lipinski definition) is 6. The van der Waals surface area contributed by atoms with Gasteiger partial charge < -0.3 is 14.6 Å². The Morgan fingerprint density at radius 1 is 1.14 bits per heavy atom. The number of H-pyrrole nitrogens is 1. The number of aromatic amines is 1. The van der Waals surface area contributed by atoms with Crippen LogP contribution in [0, 0.1) is 0 Å². The van der Waals surface area contributed by atoms with E-state index in [9.17, 15) is 14.7 Å². The fourth-order valence-corrected chi connectivity index (χ4v) is 3.00. The van der Waals surface area contributed by atoms with Crippen LogP contribution in [0.5, 0.6) is 17.4 Å². The van der Waals surface area contributed by atoms with Crippen molar-refractivity contribution in [1.82, 2.24) is 9.55 Å². The first-order chi connectivity index (χ1) is 13.5. The molecule has 0 unspecified atom stereocenters. The molecule has 3 aromatic rings. The monoisotopic (exact) mass is 379 g/mol. The van der Waals surface area contributed by atoms with Gasteiger partial charge in [-0.25, -0.2) is 9.36 Å². The number of rotatable bonds is 4. The summed E-state index contributed by atoms with van der Waals surface area (Å²) in [5.41, 5.74) is 0.134. The molecule has 2 heterocycles. The summed E-state index contributed by atoms with van der Waals surface area (Å²) in [7, 11) is 0. The second-order valence-corrected chi connectivity index (χ2v) is 6.22. The summed E-state index contributed by atoms with van der Waals surface area (Å²) in [5, 5.41) is 10.6. The molecule has 1 aromatic heterocycles. The van der Waals surface area contributed by atoms with Crippen LogP contribution in [0.2, 0.25) is 0 Å². The van der Waals surface area contributed by atoms with E-state index in [0.29, 0.717) is 22.9 Å². The minimum absolute atomic E-state index is 0.0517. The third-order valence-electron chi connectivity index (χ3n) is 4.40. The standard InChI is InChI=1S/C20H17N3O5/c1-12(21-10-13-7-8-15-16(9-13)28-11-27-15)17-18(24)22-20(26)23(19(17)25)14-5-3-2-4-6-14/h2-9,25H,10-11H2,1H3,(H,22,24,26). The summed E-state index contributed by atoms with van der Waals surface area (Å²) in [6.07, 6.45) is 0. The number of nitrogens with zero attached hydrogens (tertiary/aromatic N) is 2. The normalized spacial score (nSPS) is 13.0. The number of aromatic hydroxyl groups is 1. The number of benzene rings is 2. The molecule has 0 atom stereocenters. The minimum Gasteiger partial charge on any atom is -0.493 e. The van der Waals surface area contributed by atoms with Crippen LogP contribution >= 0.6 is 0 Å². The van der Waals surface area contributed by atoms with E-state index in [1.54, 1.807) is 43.3 Å². The number of ether oxygens (including phenoxy) is 2. The highest BCUT2D eigenvalue weighted by atomic mass is 16.7. The van der Waals surface area contributed by atoms with Gasteiger partial charge in [0.1, 0.15) is 5.56 Å². The van der Waals surface area contributed by atoms with Gasteiger partial charge in [0.05, 0.1) is 17.9 Å². The van der Waals surface area contributed by atoms with Gasteiger partial charge in [0.2, 0.25) is 12.7 Å². The lowest BCUT2D eigenvalue weighted by Gasteiger charge is -2.11. The van der Waals surface area contributed by atoms with Crippen molar-refractivity contribution in [3.8, 4) is 23.1 Å². The molecule has 142 valence electrons. The van der Waals surface area contributed by atoms with Crippen molar-refractivity contribution in [3.05, 3.63) is 80.5 Å². The van der Waals surface area contributed by atoms with E-state index >= 15 is 0 Å².